The zero-order valence-electron chi connectivity index (χ0n) is 12.4. The molecule has 1 aliphatic rings. The number of fused-ring (bicyclic) bond motifs is 1. The Morgan fingerprint density at radius 2 is 2.17 bits per heavy atom. The maximum atomic E-state index is 12.0. The molecule has 7 heteroatoms. The first-order chi connectivity index (χ1) is 11.1. The molecule has 0 atom stereocenters. The predicted octanol–water partition coefficient (Wildman–Crippen LogP) is 1.94. The Morgan fingerprint density at radius 3 is 2.96 bits per heavy atom. The molecule has 3 rings (SSSR count). The summed E-state index contributed by atoms with van der Waals surface area (Å²) in [5.41, 5.74) is 1.15. The highest BCUT2D eigenvalue weighted by Crippen LogP contribution is 2.26. The molecule has 0 unspecified atom stereocenters. The summed E-state index contributed by atoms with van der Waals surface area (Å²) in [4.78, 5) is 23.7. The van der Waals surface area contributed by atoms with E-state index < -0.39 is 18.5 Å². The van der Waals surface area contributed by atoms with Crippen LogP contribution in [0.5, 0.6) is 5.75 Å². The molecule has 0 saturated heterocycles. The molecule has 1 aromatic heterocycles. The van der Waals surface area contributed by atoms with Crippen LogP contribution in [-0.2, 0) is 14.3 Å². The van der Waals surface area contributed by atoms with Crippen molar-refractivity contribution in [1.82, 2.24) is 5.16 Å². The number of esters is 1. The summed E-state index contributed by atoms with van der Waals surface area (Å²) in [7, 11) is 0. The van der Waals surface area contributed by atoms with Gasteiger partial charge in [-0.3, -0.25) is 4.79 Å². The fraction of sp³-hybridized carbons (Fsp3) is 0.188. The molecule has 0 radical (unpaired) electrons. The fourth-order valence-corrected chi connectivity index (χ4v) is 2.06. The molecule has 0 spiro atoms. The lowest BCUT2D eigenvalue weighted by Gasteiger charge is -2.16. The monoisotopic (exact) mass is 314 g/mol. The minimum absolute atomic E-state index is 0.111. The predicted molar refractivity (Wildman–Crippen MR) is 80.7 cm³/mol. The average Bonchev–Trinajstić information content (AvgIpc) is 2.97. The zero-order valence-corrected chi connectivity index (χ0v) is 12.4. The Hall–Kier alpha value is -3.09. The molecule has 0 saturated carbocycles. The number of anilines is 1. The van der Waals surface area contributed by atoms with Crippen LogP contribution in [0.4, 0.5) is 5.82 Å². The summed E-state index contributed by atoms with van der Waals surface area (Å²) >= 11 is 0. The normalized spacial score (nSPS) is 12.7. The number of nitrogens with zero attached hydrogens (tertiary/aromatic N) is 1. The van der Waals surface area contributed by atoms with Crippen LogP contribution in [0.25, 0.3) is 6.08 Å². The molecule has 0 bridgehead atoms. The van der Waals surface area contributed by atoms with E-state index >= 15 is 0 Å². The zero-order chi connectivity index (χ0) is 16.2. The van der Waals surface area contributed by atoms with E-state index in [9.17, 15) is 9.59 Å². The Balaban J connectivity index is 1.56. The highest BCUT2D eigenvalue weighted by molar-refractivity contribution is 5.98. The first-order valence-electron chi connectivity index (χ1n) is 6.94. The molecular weight excluding hydrogens is 300 g/mol. The van der Waals surface area contributed by atoms with Gasteiger partial charge < -0.3 is 19.3 Å². The van der Waals surface area contributed by atoms with Gasteiger partial charge in [0.15, 0.2) is 12.4 Å². The summed E-state index contributed by atoms with van der Waals surface area (Å²) in [6.45, 7) is 1.40. The molecule has 2 heterocycles. The summed E-state index contributed by atoms with van der Waals surface area (Å²) in [6, 6.07) is 8.92. The maximum Gasteiger partial charge on any atom is 0.338 e. The standard InChI is InChI=1S/C16H14N2O5/c1-10-6-14(18-23-10)17-15(19)9-22-16(20)12-7-11-4-2-3-5-13(11)21-8-12/h2-7H,8-9H2,1H3,(H,17,18,19). The third-order valence-corrected chi connectivity index (χ3v) is 3.12. The van der Waals surface area contributed by atoms with Crippen molar-refractivity contribution in [3.8, 4) is 5.75 Å². The molecule has 1 aromatic carbocycles. The molecule has 1 N–H and O–H groups in total. The quantitative estimate of drug-likeness (QED) is 0.867. The first kappa shape index (κ1) is 14.8. The number of rotatable bonds is 4. The highest BCUT2D eigenvalue weighted by atomic mass is 16.5. The van der Waals surface area contributed by atoms with E-state index in [2.05, 4.69) is 10.5 Å². The van der Waals surface area contributed by atoms with Gasteiger partial charge in [-0.1, -0.05) is 23.4 Å². The highest BCUT2D eigenvalue weighted by Gasteiger charge is 2.19. The van der Waals surface area contributed by atoms with E-state index in [0.717, 1.165) is 5.56 Å². The van der Waals surface area contributed by atoms with Crippen molar-refractivity contribution in [2.45, 2.75) is 6.92 Å². The second-order valence-electron chi connectivity index (χ2n) is 4.94. The van der Waals surface area contributed by atoms with E-state index in [0.29, 0.717) is 17.1 Å². The first-order valence-corrected chi connectivity index (χ1v) is 6.94. The minimum atomic E-state index is -0.592. The van der Waals surface area contributed by atoms with Crippen LogP contribution in [-0.4, -0.2) is 30.2 Å². The number of para-hydroxylation sites is 1. The van der Waals surface area contributed by atoms with E-state index in [1.165, 1.54) is 0 Å². The third kappa shape index (κ3) is 3.57. The molecule has 0 aliphatic carbocycles. The molecule has 118 valence electrons. The molecule has 1 amide bonds. The Kier molecular flexibility index (Phi) is 4.09. The number of ether oxygens (including phenoxy) is 2. The lowest BCUT2D eigenvalue weighted by molar-refractivity contribution is -0.143. The maximum absolute atomic E-state index is 12.0. The van der Waals surface area contributed by atoms with Gasteiger partial charge in [0.05, 0.1) is 5.57 Å². The smallest absolute Gasteiger partial charge is 0.338 e. The number of aryl methyl sites for hydroxylation is 1. The molecule has 1 aliphatic heterocycles. The number of amides is 1. The topological polar surface area (TPSA) is 90.7 Å². The van der Waals surface area contributed by atoms with Gasteiger partial charge in [-0.15, -0.1) is 0 Å². The summed E-state index contributed by atoms with van der Waals surface area (Å²) in [5.74, 6) is 0.469. The molecule has 0 fully saturated rings. The number of hydrogen-bond acceptors (Lipinski definition) is 6. The third-order valence-electron chi connectivity index (χ3n) is 3.12. The number of carbonyl (C=O) groups excluding carboxylic acids is 2. The molecule has 2 aromatic rings. The fourth-order valence-electron chi connectivity index (χ4n) is 2.06. The molecule has 23 heavy (non-hydrogen) atoms. The van der Waals surface area contributed by atoms with Crippen molar-refractivity contribution in [3.63, 3.8) is 0 Å². The number of aromatic nitrogens is 1. The molecular formula is C16H14N2O5. The van der Waals surface area contributed by atoms with E-state index in [4.69, 9.17) is 14.0 Å². The van der Waals surface area contributed by atoms with E-state index in [1.807, 2.05) is 24.3 Å². The van der Waals surface area contributed by atoms with Crippen molar-refractivity contribution >= 4 is 23.8 Å². The second kappa shape index (κ2) is 6.35. The van der Waals surface area contributed by atoms with Crippen LogP contribution < -0.4 is 10.1 Å². The van der Waals surface area contributed by atoms with E-state index in [-0.39, 0.29) is 12.4 Å². The van der Waals surface area contributed by atoms with Crippen LogP contribution in [0.3, 0.4) is 0 Å². The van der Waals surface area contributed by atoms with Crippen molar-refractivity contribution in [3.05, 3.63) is 47.2 Å². The van der Waals surface area contributed by atoms with Gasteiger partial charge in [-0.05, 0) is 19.1 Å². The van der Waals surface area contributed by atoms with Crippen molar-refractivity contribution in [1.29, 1.82) is 0 Å². The van der Waals surface area contributed by atoms with Crippen molar-refractivity contribution in [2.75, 3.05) is 18.5 Å². The SMILES string of the molecule is Cc1cc(NC(=O)COC(=O)C2=Cc3ccccc3OC2)no1. The van der Waals surface area contributed by atoms with Gasteiger partial charge in [0, 0.05) is 11.6 Å². The van der Waals surface area contributed by atoms with Crippen molar-refractivity contribution in [2.24, 2.45) is 0 Å². The largest absolute Gasteiger partial charge is 0.488 e. The minimum Gasteiger partial charge on any atom is -0.488 e. The lowest BCUT2D eigenvalue weighted by Crippen LogP contribution is -2.24. The van der Waals surface area contributed by atoms with Crippen LogP contribution >= 0.6 is 0 Å². The molecule has 7 nitrogen and oxygen atoms in total. The van der Waals surface area contributed by atoms with Gasteiger partial charge in [-0.2, -0.15) is 0 Å². The van der Waals surface area contributed by atoms with Crippen LogP contribution in [0, 0.1) is 6.92 Å². The number of benzene rings is 1. The Bertz CT molecular complexity index is 778. The summed E-state index contributed by atoms with van der Waals surface area (Å²) in [6.07, 6.45) is 1.69. The number of carbonyl (C=O) groups is 2. The average molecular weight is 314 g/mol. The van der Waals surface area contributed by atoms with Gasteiger partial charge in [0.1, 0.15) is 18.1 Å². The van der Waals surface area contributed by atoms with Crippen molar-refractivity contribution < 1.29 is 23.6 Å². The van der Waals surface area contributed by atoms with Gasteiger partial charge in [-0.25, -0.2) is 4.79 Å². The Labute approximate surface area is 131 Å². The lowest BCUT2D eigenvalue weighted by atomic mass is 10.1. The Morgan fingerprint density at radius 1 is 1.35 bits per heavy atom. The van der Waals surface area contributed by atoms with Gasteiger partial charge >= 0.3 is 5.97 Å². The van der Waals surface area contributed by atoms with Crippen LogP contribution in [0.2, 0.25) is 0 Å². The second-order valence-corrected chi connectivity index (χ2v) is 4.94. The van der Waals surface area contributed by atoms with Crippen LogP contribution in [0.15, 0.2) is 40.4 Å². The van der Waals surface area contributed by atoms with E-state index in [1.54, 1.807) is 19.1 Å². The summed E-state index contributed by atoms with van der Waals surface area (Å²) in [5, 5.41) is 6.08. The summed E-state index contributed by atoms with van der Waals surface area (Å²) < 4.78 is 15.3. The number of nitrogens with one attached hydrogen (secondary N) is 1. The van der Waals surface area contributed by atoms with Gasteiger partial charge in [0.2, 0.25) is 0 Å². The van der Waals surface area contributed by atoms with Gasteiger partial charge in [0.25, 0.3) is 5.91 Å². The number of hydrogen-bond donors (Lipinski definition) is 1. The van der Waals surface area contributed by atoms with Crippen LogP contribution in [0.1, 0.15) is 11.3 Å².